The molecule has 7 heteroatoms. The fourth-order valence-corrected chi connectivity index (χ4v) is 2.83. The number of carbonyl (C=O) groups is 1. The number of ether oxygens (including phenoxy) is 1. The molecular formula is C22H19N5O2. The van der Waals surface area contributed by atoms with Crippen molar-refractivity contribution in [2.24, 2.45) is 4.99 Å². The zero-order valence-electron chi connectivity index (χ0n) is 15.7. The van der Waals surface area contributed by atoms with Crippen LogP contribution in [0.5, 0.6) is 5.75 Å². The fourth-order valence-electron chi connectivity index (χ4n) is 2.83. The minimum absolute atomic E-state index is 0.337. The molecule has 0 bridgehead atoms. The Hall–Kier alpha value is -4.13. The average Bonchev–Trinajstić information content (AvgIpc) is 3.15. The number of benzene rings is 3. The van der Waals surface area contributed by atoms with Crippen molar-refractivity contribution in [3.05, 3.63) is 78.5 Å². The summed E-state index contributed by atoms with van der Waals surface area (Å²) in [6, 6.07) is 22.0. The highest BCUT2D eigenvalue weighted by atomic mass is 16.5. The predicted molar refractivity (Wildman–Crippen MR) is 115 cm³/mol. The van der Waals surface area contributed by atoms with E-state index in [1.165, 1.54) is 0 Å². The minimum Gasteiger partial charge on any atom is -0.497 e. The summed E-state index contributed by atoms with van der Waals surface area (Å²) >= 11 is 0. The maximum atomic E-state index is 12.2. The summed E-state index contributed by atoms with van der Waals surface area (Å²) in [6.07, 6.45) is 1.74. The molecule has 3 aromatic carbocycles. The number of urea groups is 1. The van der Waals surface area contributed by atoms with Crippen LogP contribution in [-0.4, -0.2) is 29.6 Å². The number of nitrogens with zero attached hydrogens (tertiary/aromatic N) is 2. The molecule has 0 radical (unpaired) electrons. The van der Waals surface area contributed by atoms with Gasteiger partial charge in [-0.3, -0.25) is 10.1 Å². The van der Waals surface area contributed by atoms with Crippen molar-refractivity contribution in [3.63, 3.8) is 0 Å². The first-order valence-electron chi connectivity index (χ1n) is 9.00. The first-order valence-corrected chi connectivity index (χ1v) is 9.00. The average molecular weight is 385 g/mol. The zero-order valence-corrected chi connectivity index (χ0v) is 15.7. The molecule has 1 heterocycles. The van der Waals surface area contributed by atoms with Crippen molar-refractivity contribution in [1.82, 2.24) is 10.2 Å². The van der Waals surface area contributed by atoms with Crippen LogP contribution in [-0.2, 0) is 0 Å². The lowest BCUT2D eigenvalue weighted by molar-refractivity contribution is 0.262. The number of H-pyrrole nitrogens is 1. The summed E-state index contributed by atoms with van der Waals surface area (Å²) in [4.78, 5) is 16.7. The number of anilines is 2. The molecule has 0 spiro atoms. The Balaban J connectivity index is 1.45. The third kappa shape index (κ3) is 4.41. The second-order valence-corrected chi connectivity index (χ2v) is 6.27. The minimum atomic E-state index is -0.337. The molecular weight excluding hydrogens is 366 g/mol. The Labute approximate surface area is 167 Å². The molecule has 1 aromatic heterocycles. The smallest absolute Gasteiger partial charge is 0.323 e. The van der Waals surface area contributed by atoms with E-state index in [4.69, 9.17) is 4.74 Å². The summed E-state index contributed by atoms with van der Waals surface area (Å²) in [5.74, 6) is 0.728. The van der Waals surface area contributed by atoms with E-state index in [1.807, 2.05) is 42.5 Å². The lowest BCUT2D eigenvalue weighted by Gasteiger charge is -2.08. The topological polar surface area (TPSA) is 91.4 Å². The van der Waals surface area contributed by atoms with Crippen LogP contribution in [0.15, 0.2) is 77.8 Å². The van der Waals surface area contributed by atoms with Gasteiger partial charge in [-0.2, -0.15) is 5.10 Å². The fraction of sp³-hybridized carbons (Fsp3) is 0.0455. The van der Waals surface area contributed by atoms with Crippen molar-refractivity contribution in [2.75, 3.05) is 17.7 Å². The van der Waals surface area contributed by atoms with Gasteiger partial charge in [0.25, 0.3) is 0 Å². The number of nitrogens with one attached hydrogen (secondary N) is 3. The molecule has 3 N–H and O–H groups in total. The van der Waals surface area contributed by atoms with E-state index in [1.54, 1.807) is 43.7 Å². The van der Waals surface area contributed by atoms with Crippen LogP contribution in [0.4, 0.5) is 21.9 Å². The third-order valence-electron chi connectivity index (χ3n) is 4.29. The van der Waals surface area contributed by atoms with Crippen LogP contribution in [0.25, 0.3) is 10.9 Å². The molecule has 0 aliphatic carbocycles. The molecule has 0 fully saturated rings. The molecule has 0 unspecified atom stereocenters. The summed E-state index contributed by atoms with van der Waals surface area (Å²) in [5, 5.41) is 13.8. The summed E-state index contributed by atoms with van der Waals surface area (Å²) in [7, 11) is 1.60. The van der Waals surface area contributed by atoms with Crippen molar-refractivity contribution in [2.45, 2.75) is 0 Å². The van der Waals surface area contributed by atoms with Gasteiger partial charge >= 0.3 is 6.03 Å². The van der Waals surface area contributed by atoms with Crippen LogP contribution in [0.3, 0.4) is 0 Å². The number of methoxy groups -OCH3 is 1. The number of hydrogen-bond acceptors (Lipinski definition) is 4. The number of amides is 2. The van der Waals surface area contributed by atoms with Gasteiger partial charge in [-0.05, 0) is 54.6 Å². The third-order valence-corrected chi connectivity index (χ3v) is 4.29. The number of aliphatic imine (C=N–C) groups is 1. The van der Waals surface area contributed by atoms with Gasteiger partial charge in [0.05, 0.1) is 30.2 Å². The maximum absolute atomic E-state index is 12.2. The number of para-hydroxylation sites is 1. The number of carbonyl (C=O) groups excluding carboxylic acids is 1. The number of fused-ring (bicyclic) bond motifs is 1. The first-order chi connectivity index (χ1) is 14.2. The second-order valence-electron chi connectivity index (χ2n) is 6.27. The van der Waals surface area contributed by atoms with Crippen LogP contribution in [0.2, 0.25) is 0 Å². The van der Waals surface area contributed by atoms with E-state index >= 15 is 0 Å². The van der Waals surface area contributed by atoms with Gasteiger partial charge in [0.2, 0.25) is 0 Å². The van der Waals surface area contributed by atoms with E-state index < -0.39 is 0 Å². The predicted octanol–water partition coefficient (Wildman–Crippen LogP) is 4.97. The summed E-state index contributed by atoms with van der Waals surface area (Å²) < 4.78 is 5.11. The number of hydrogen-bond donors (Lipinski definition) is 3. The van der Waals surface area contributed by atoms with E-state index in [-0.39, 0.29) is 6.03 Å². The Morgan fingerprint density at radius 2 is 1.72 bits per heavy atom. The standard InChI is InChI=1S/C22H19N5O2/c1-29-18-10-7-16(8-11-18)24-22(28)25-17-9-12-19-20(13-17)26-27-21(19)14-23-15-5-3-2-4-6-15/h2-14H,1H3,(H,26,27)(H2,24,25,28). The normalized spacial score (nSPS) is 10.9. The highest BCUT2D eigenvalue weighted by Gasteiger charge is 2.07. The Morgan fingerprint density at radius 1 is 1.00 bits per heavy atom. The molecule has 4 aromatic rings. The molecule has 0 aliphatic heterocycles. The largest absolute Gasteiger partial charge is 0.497 e. The van der Waals surface area contributed by atoms with Gasteiger partial charge in [-0.1, -0.05) is 18.2 Å². The molecule has 0 atom stereocenters. The molecule has 0 aliphatic rings. The van der Waals surface area contributed by atoms with Crippen molar-refractivity contribution < 1.29 is 9.53 Å². The maximum Gasteiger partial charge on any atom is 0.323 e. The molecule has 29 heavy (non-hydrogen) atoms. The van der Waals surface area contributed by atoms with Gasteiger partial charge in [0.15, 0.2) is 0 Å². The van der Waals surface area contributed by atoms with E-state index in [9.17, 15) is 4.79 Å². The van der Waals surface area contributed by atoms with Gasteiger partial charge in [0, 0.05) is 16.8 Å². The SMILES string of the molecule is COc1ccc(NC(=O)Nc2ccc3c(C=Nc4ccccc4)[nH]nc3c2)cc1. The first kappa shape index (κ1) is 18.2. The highest BCUT2D eigenvalue weighted by molar-refractivity contribution is 6.03. The molecule has 4 rings (SSSR count). The molecule has 0 saturated heterocycles. The van der Waals surface area contributed by atoms with E-state index in [2.05, 4.69) is 25.8 Å². The monoisotopic (exact) mass is 385 g/mol. The Morgan fingerprint density at radius 3 is 2.48 bits per heavy atom. The summed E-state index contributed by atoms with van der Waals surface area (Å²) in [6.45, 7) is 0. The number of aromatic nitrogens is 2. The molecule has 144 valence electrons. The second kappa shape index (κ2) is 8.26. The molecule has 2 amide bonds. The van der Waals surface area contributed by atoms with Gasteiger partial charge < -0.3 is 15.4 Å². The van der Waals surface area contributed by atoms with Crippen LogP contribution in [0.1, 0.15) is 5.69 Å². The van der Waals surface area contributed by atoms with E-state index in [0.717, 1.165) is 28.0 Å². The van der Waals surface area contributed by atoms with Crippen LogP contribution < -0.4 is 15.4 Å². The molecule has 0 saturated carbocycles. The van der Waals surface area contributed by atoms with Crippen molar-refractivity contribution in [1.29, 1.82) is 0 Å². The van der Waals surface area contributed by atoms with Crippen LogP contribution >= 0.6 is 0 Å². The quantitative estimate of drug-likeness (QED) is 0.424. The van der Waals surface area contributed by atoms with Gasteiger partial charge in [-0.15, -0.1) is 0 Å². The zero-order chi connectivity index (χ0) is 20.1. The lowest BCUT2D eigenvalue weighted by Crippen LogP contribution is -2.19. The summed E-state index contributed by atoms with van der Waals surface area (Å²) in [5.41, 5.74) is 3.72. The highest BCUT2D eigenvalue weighted by Crippen LogP contribution is 2.21. The van der Waals surface area contributed by atoms with Crippen molar-refractivity contribution >= 4 is 40.2 Å². The number of aromatic amines is 1. The van der Waals surface area contributed by atoms with Gasteiger partial charge in [-0.25, -0.2) is 4.79 Å². The van der Waals surface area contributed by atoms with E-state index in [0.29, 0.717) is 11.4 Å². The van der Waals surface area contributed by atoms with Crippen molar-refractivity contribution in [3.8, 4) is 5.75 Å². The van der Waals surface area contributed by atoms with Gasteiger partial charge in [0.1, 0.15) is 5.75 Å². The number of rotatable bonds is 5. The lowest BCUT2D eigenvalue weighted by atomic mass is 10.2. The Kier molecular flexibility index (Phi) is 5.20. The van der Waals surface area contributed by atoms with Crippen LogP contribution in [0, 0.1) is 0 Å². The molecule has 7 nitrogen and oxygen atoms in total. The Bertz CT molecular complexity index is 1150.